The molecule has 0 unspecified atom stereocenters. The second kappa shape index (κ2) is 4.72. The molecule has 0 fully saturated rings. The highest BCUT2D eigenvalue weighted by Gasteiger charge is 2.07. The molecule has 82 valence electrons. The van der Waals surface area contributed by atoms with Gasteiger partial charge in [-0.3, -0.25) is 4.79 Å². The van der Waals surface area contributed by atoms with Gasteiger partial charge in [0.1, 0.15) is 0 Å². The Labute approximate surface area is 102 Å². The van der Waals surface area contributed by atoms with Gasteiger partial charge in [-0.05, 0) is 19.1 Å². The molecule has 0 atom stereocenters. The highest BCUT2D eigenvalue weighted by Crippen LogP contribution is 2.31. The van der Waals surface area contributed by atoms with E-state index in [-0.39, 0.29) is 5.78 Å². The normalized spacial score (nSPS) is 10.4. The topological polar surface area (TPSA) is 45.8 Å². The Kier molecular flexibility index (Phi) is 3.31. The highest BCUT2D eigenvalue weighted by atomic mass is 35.5. The highest BCUT2D eigenvalue weighted by molar-refractivity contribution is 7.99. The van der Waals surface area contributed by atoms with Crippen LogP contribution in [0.4, 0.5) is 0 Å². The summed E-state index contributed by atoms with van der Waals surface area (Å²) in [5.41, 5.74) is 0.619. The lowest BCUT2D eigenvalue weighted by Gasteiger charge is -2.03. The van der Waals surface area contributed by atoms with Crippen LogP contribution in [0.5, 0.6) is 0 Å². The molecule has 1 aromatic heterocycles. The first-order chi connectivity index (χ1) is 7.66. The quantitative estimate of drug-likeness (QED) is 0.852. The van der Waals surface area contributed by atoms with Crippen LogP contribution >= 0.6 is 23.4 Å². The monoisotopic (exact) mass is 252 g/mol. The van der Waals surface area contributed by atoms with Crippen molar-refractivity contribution in [2.45, 2.75) is 17.0 Å². The Morgan fingerprint density at radius 2 is 2.31 bits per heavy atom. The molecule has 1 heterocycles. The number of hydrogen-bond acceptors (Lipinski definition) is 3. The number of benzene rings is 1. The zero-order chi connectivity index (χ0) is 11.5. The zero-order valence-electron chi connectivity index (χ0n) is 8.53. The minimum Gasteiger partial charge on any atom is -0.339 e. The van der Waals surface area contributed by atoms with Crippen molar-refractivity contribution in [1.29, 1.82) is 0 Å². The van der Waals surface area contributed by atoms with Gasteiger partial charge >= 0.3 is 0 Å². The molecule has 5 heteroatoms. The maximum Gasteiger partial charge on any atom is 0.170 e. The Hall–Kier alpha value is -1.26. The first kappa shape index (κ1) is 11.2. The van der Waals surface area contributed by atoms with Crippen LogP contribution in [0.2, 0.25) is 5.02 Å². The second-order valence-corrected chi connectivity index (χ2v) is 4.64. The van der Waals surface area contributed by atoms with Crippen molar-refractivity contribution in [1.82, 2.24) is 9.97 Å². The molecular formula is C11H9ClN2OS. The van der Waals surface area contributed by atoms with Crippen molar-refractivity contribution >= 4 is 29.1 Å². The maximum atomic E-state index is 11.1. The molecule has 1 aromatic carbocycles. The SMILES string of the molecule is CC(=O)c1ccc(Sc2ncc[nH]2)c(Cl)c1. The summed E-state index contributed by atoms with van der Waals surface area (Å²) in [6.07, 6.45) is 3.43. The van der Waals surface area contributed by atoms with Crippen molar-refractivity contribution < 1.29 is 4.79 Å². The van der Waals surface area contributed by atoms with Crippen molar-refractivity contribution in [2.75, 3.05) is 0 Å². The number of hydrogen-bond donors (Lipinski definition) is 1. The van der Waals surface area contributed by atoms with Gasteiger partial charge in [0.25, 0.3) is 0 Å². The number of carbonyl (C=O) groups is 1. The van der Waals surface area contributed by atoms with E-state index in [2.05, 4.69) is 9.97 Å². The Bertz CT molecular complexity index is 511. The summed E-state index contributed by atoms with van der Waals surface area (Å²) in [7, 11) is 0. The Morgan fingerprint density at radius 3 is 2.88 bits per heavy atom. The predicted molar refractivity (Wildman–Crippen MR) is 64.2 cm³/mol. The molecule has 3 nitrogen and oxygen atoms in total. The van der Waals surface area contributed by atoms with E-state index in [0.29, 0.717) is 10.6 Å². The van der Waals surface area contributed by atoms with Crippen LogP contribution in [-0.4, -0.2) is 15.8 Å². The number of imidazole rings is 1. The number of halogens is 1. The largest absolute Gasteiger partial charge is 0.339 e. The predicted octanol–water partition coefficient (Wildman–Crippen LogP) is 3.42. The Balaban J connectivity index is 2.26. The molecule has 16 heavy (non-hydrogen) atoms. The number of aromatic nitrogens is 2. The molecule has 0 amide bonds. The van der Waals surface area contributed by atoms with E-state index >= 15 is 0 Å². The van der Waals surface area contributed by atoms with Gasteiger partial charge in [-0.2, -0.15) is 0 Å². The fraction of sp³-hybridized carbons (Fsp3) is 0.0909. The van der Waals surface area contributed by atoms with Crippen LogP contribution in [0.15, 0.2) is 40.6 Å². The third-order valence-corrected chi connectivity index (χ3v) is 3.44. The average molecular weight is 253 g/mol. The second-order valence-electron chi connectivity index (χ2n) is 3.20. The number of Topliss-reactive ketones (excluding diaryl/α,β-unsaturated/α-hetero) is 1. The van der Waals surface area contributed by atoms with Crippen LogP contribution < -0.4 is 0 Å². The van der Waals surface area contributed by atoms with E-state index in [4.69, 9.17) is 11.6 Å². The van der Waals surface area contributed by atoms with Crippen LogP contribution in [0, 0.1) is 0 Å². The van der Waals surface area contributed by atoms with Crippen LogP contribution in [-0.2, 0) is 0 Å². The average Bonchev–Trinajstić information content (AvgIpc) is 2.73. The Morgan fingerprint density at radius 1 is 1.50 bits per heavy atom. The molecule has 0 spiro atoms. The van der Waals surface area contributed by atoms with Gasteiger partial charge in [0.05, 0.1) is 5.02 Å². The van der Waals surface area contributed by atoms with Crippen molar-refractivity contribution in [3.63, 3.8) is 0 Å². The summed E-state index contributed by atoms with van der Waals surface area (Å²) in [6.45, 7) is 1.52. The van der Waals surface area contributed by atoms with Gasteiger partial charge in [-0.1, -0.05) is 29.4 Å². The molecule has 2 rings (SSSR count). The molecule has 0 aliphatic heterocycles. The lowest BCUT2D eigenvalue weighted by Crippen LogP contribution is -1.91. The molecule has 0 saturated carbocycles. The molecule has 0 aliphatic carbocycles. The number of aromatic amines is 1. The third kappa shape index (κ3) is 2.46. The molecule has 2 aromatic rings. The van der Waals surface area contributed by atoms with Gasteiger partial charge in [-0.25, -0.2) is 4.98 Å². The van der Waals surface area contributed by atoms with Gasteiger partial charge in [0, 0.05) is 22.9 Å². The standard InChI is InChI=1S/C11H9ClN2OS/c1-7(15)8-2-3-10(9(12)6-8)16-11-13-4-5-14-11/h2-6H,1H3,(H,13,14). The van der Waals surface area contributed by atoms with Gasteiger partial charge in [-0.15, -0.1) is 0 Å². The summed E-state index contributed by atoms with van der Waals surface area (Å²) in [4.78, 5) is 19.1. The third-order valence-electron chi connectivity index (χ3n) is 2.02. The first-order valence-electron chi connectivity index (χ1n) is 4.64. The van der Waals surface area contributed by atoms with E-state index in [1.807, 2.05) is 6.07 Å². The summed E-state index contributed by atoms with van der Waals surface area (Å²) >= 11 is 7.51. The fourth-order valence-electron chi connectivity index (χ4n) is 1.21. The van der Waals surface area contributed by atoms with Crippen molar-refractivity contribution in [2.24, 2.45) is 0 Å². The number of nitrogens with one attached hydrogen (secondary N) is 1. The molecule has 1 N–H and O–H groups in total. The lowest BCUT2D eigenvalue weighted by atomic mass is 10.1. The molecule has 0 saturated heterocycles. The number of H-pyrrole nitrogens is 1. The number of nitrogens with zero attached hydrogens (tertiary/aromatic N) is 1. The van der Waals surface area contributed by atoms with E-state index in [0.717, 1.165) is 10.1 Å². The summed E-state index contributed by atoms with van der Waals surface area (Å²) in [6, 6.07) is 5.26. The number of ketones is 1. The van der Waals surface area contributed by atoms with E-state index in [9.17, 15) is 4.79 Å². The van der Waals surface area contributed by atoms with E-state index in [1.54, 1.807) is 24.5 Å². The minimum absolute atomic E-state index is 0.0106. The van der Waals surface area contributed by atoms with Crippen molar-refractivity contribution in [3.05, 3.63) is 41.2 Å². The van der Waals surface area contributed by atoms with Gasteiger partial charge in [0.2, 0.25) is 0 Å². The molecular weight excluding hydrogens is 244 g/mol. The van der Waals surface area contributed by atoms with Crippen LogP contribution in [0.3, 0.4) is 0 Å². The summed E-state index contributed by atoms with van der Waals surface area (Å²) in [5.74, 6) is 0.0106. The van der Waals surface area contributed by atoms with Gasteiger partial charge in [0.15, 0.2) is 10.9 Å². The van der Waals surface area contributed by atoms with E-state index < -0.39 is 0 Å². The van der Waals surface area contributed by atoms with Gasteiger partial charge < -0.3 is 4.98 Å². The molecule has 0 radical (unpaired) electrons. The van der Waals surface area contributed by atoms with Crippen molar-refractivity contribution in [3.8, 4) is 0 Å². The lowest BCUT2D eigenvalue weighted by molar-refractivity contribution is 0.101. The maximum absolute atomic E-state index is 11.1. The number of rotatable bonds is 3. The fourth-order valence-corrected chi connectivity index (χ4v) is 2.25. The summed E-state index contributed by atoms with van der Waals surface area (Å²) < 4.78 is 0. The minimum atomic E-state index is 0.0106. The van der Waals surface area contributed by atoms with Crippen LogP contribution in [0.25, 0.3) is 0 Å². The molecule has 0 bridgehead atoms. The molecule has 0 aliphatic rings. The summed E-state index contributed by atoms with van der Waals surface area (Å²) in [5, 5.41) is 1.34. The number of carbonyl (C=O) groups excluding carboxylic acids is 1. The zero-order valence-corrected chi connectivity index (χ0v) is 10.1. The van der Waals surface area contributed by atoms with E-state index in [1.165, 1.54) is 18.7 Å². The smallest absolute Gasteiger partial charge is 0.170 e. The van der Waals surface area contributed by atoms with Crippen LogP contribution in [0.1, 0.15) is 17.3 Å². The first-order valence-corrected chi connectivity index (χ1v) is 5.84.